The number of aromatic nitrogens is 1. The lowest BCUT2D eigenvalue weighted by Gasteiger charge is -1.97. The third-order valence-electron chi connectivity index (χ3n) is 1.37. The van der Waals surface area contributed by atoms with E-state index in [4.69, 9.17) is 11.5 Å². The summed E-state index contributed by atoms with van der Waals surface area (Å²) < 4.78 is 0. The van der Waals surface area contributed by atoms with Gasteiger partial charge >= 0.3 is 0 Å². The van der Waals surface area contributed by atoms with Crippen molar-refractivity contribution in [3.05, 3.63) is 17.8 Å². The first-order valence-electron chi connectivity index (χ1n) is 3.67. The average molecular weight is 175 g/mol. The Labute approximate surface area is 76.0 Å². The third-order valence-corrected chi connectivity index (χ3v) is 1.37. The quantitative estimate of drug-likeness (QED) is 0.471. The summed E-state index contributed by atoms with van der Waals surface area (Å²) in [5.41, 5.74) is 12.0. The summed E-state index contributed by atoms with van der Waals surface area (Å²) in [7, 11) is 0. The number of rotatable bonds is 1. The van der Waals surface area contributed by atoms with Crippen molar-refractivity contribution in [1.29, 1.82) is 0 Å². The van der Waals surface area contributed by atoms with Crippen LogP contribution in [0.25, 0.3) is 0 Å². The summed E-state index contributed by atoms with van der Waals surface area (Å²) in [4.78, 5) is 13.8. The van der Waals surface area contributed by atoms with Gasteiger partial charge in [0.2, 0.25) is 0 Å². The highest BCUT2D eigenvalue weighted by molar-refractivity contribution is 5.61. The van der Waals surface area contributed by atoms with Crippen molar-refractivity contribution in [1.82, 2.24) is 4.98 Å². The molecule has 4 N–H and O–H groups in total. The molecular weight excluding hydrogens is 166 g/mol. The van der Waals surface area contributed by atoms with Crippen LogP contribution in [0.15, 0.2) is 12.3 Å². The minimum atomic E-state index is 0.213. The molecule has 0 spiro atoms. The molecule has 1 heterocycles. The van der Waals surface area contributed by atoms with E-state index in [1.807, 2.05) is 0 Å². The van der Waals surface area contributed by atoms with Crippen LogP contribution >= 0.6 is 0 Å². The fraction of sp³-hybridized carbons (Fsp3) is 0.111. The molecule has 0 aliphatic carbocycles. The van der Waals surface area contributed by atoms with Crippen molar-refractivity contribution < 1.29 is 4.79 Å². The fourth-order valence-electron chi connectivity index (χ4n) is 0.755. The van der Waals surface area contributed by atoms with Gasteiger partial charge in [0, 0.05) is 11.8 Å². The molecule has 4 heteroatoms. The zero-order valence-electron chi connectivity index (χ0n) is 6.95. The van der Waals surface area contributed by atoms with Crippen LogP contribution in [0.1, 0.15) is 12.0 Å². The normalized spacial score (nSPS) is 8.62. The number of nitrogens with two attached hydrogens (primary N) is 2. The van der Waals surface area contributed by atoms with Gasteiger partial charge in [0.05, 0.1) is 12.1 Å². The second-order valence-electron chi connectivity index (χ2n) is 2.37. The summed E-state index contributed by atoms with van der Waals surface area (Å²) in [6.07, 6.45) is 2.47. The molecule has 0 unspecified atom stereocenters. The molecule has 4 nitrogen and oxygen atoms in total. The van der Waals surface area contributed by atoms with E-state index in [2.05, 4.69) is 16.8 Å². The maximum absolute atomic E-state index is 9.95. The lowest BCUT2D eigenvalue weighted by molar-refractivity contribution is -0.107. The monoisotopic (exact) mass is 175 g/mol. The Morgan fingerprint density at radius 1 is 1.54 bits per heavy atom. The van der Waals surface area contributed by atoms with Crippen molar-refractivity contribution in [2.75, 3.05) is 11.5 Å². The van der Waals surface area contributed by atoms with Gasteiger partial charge in [0.25, 0.3) is 0 Å². The van der Waals surface area contributed by atoms with E-state index in [1.54, 1.807) is 6.07 Å². The lowest BCUT2D eigenvalue weighted by atomic mass is 10.2. The molecular formula is C9H9N3O. The Kier molecular flexibility index (Phi) is 2.87. The molecule has 66 valence electrons. The zero-order valence-corrected chi connectivity index (χ0v) is 6.95. The van der Waals surface area contributed by atoms with E-state index in [0.29, 0.717) is 17.1 Å². The molecule has 13 heavy (non-hydrogen) atoms. The highest BCUT2D eigenvalue weighted by Crippen LogP contribution is 2.11. The van der Waals surface area contributed by atoms with Gasteiger partial charge in [-0.2, -0.15) is 0 Å². The molecule has 0 atom stereocenters. The number of nitrogens with zero attached hydrogens (tertiary/aromatic N) is 1. The second kappa shape index (κ2) is 4.12. The first-order chi connectivity index (χ1) is 6.24. The summed E-state index contributed by atoms with van der Waals surface area (Å²) in [6, 6.07) is 1.63. The number of anilines is 2. The van der Waals surface area contributed by atoms with Crippen LogP contribution in [0.5, 0.6) is 0 Å². The maximum Gasteiger partial charge on any atom is 0.146 e. The van der Waals surface area contributed by atoms with E-state index < -0.39 is 0 Å². The number of aldehydes is 1. The SMILES string of the molecule is Nc1cc(C#CCC=O)cnc1N. The lowest BCUT2D eigenvalue weighted by Crippen LogP contribution is -1.97. The number of hydrogen-bond acceptors (Lipinski definition) is 4. The van der Waals surface area contributed by atoms with Crippen LogP contribution in [0.3, 0.4) is 0 Å². The molecule has 0 saturated carbocycles. The van der Waals surface area contributed by atoms with E-state index in [-0.39, 0.29) is 6.42 Å². The smallest absolute Gasteiger partial charge is 0.146 e. The van der Waals surface area contributed by atoms with Crippen LogP contribution in [0.4, 0.5) is 11.5 Å². The molecule has 1 aromatic rings. The molecule has 0 fully saturated rings. The van der Waals surface area contributed by atoms with Gasteiger partial charge < -0.3 is 16.3 Å². The average Bonchev–Trinajstić information content (AvgIpc) is 2.12. The van der Waals surface area contributed by atoms with E-state index in [9.17, 15) is 4.79 Å². The molecule has 0 aromatic carbocycles. The minimum Gasteiger partial charge on any atom is -0.396 e. The van der Waals surface area contributed by atoms with Gasteiger partial charge in [0.1, 0.15) is 12.1 Å². The van der Waals surface area contributed by atoms with Crippen LogP contribution in [-0.2, 0) is 4.79 Å². The topological polar surface area (TPSA) is 82.0 Å². The van der Waals surface area contributed by atoms with Gasteiger partial charge in [-0.1, -0.05) is 11.8 Å². The molecule has 0 aliphatic heterocycles. The molecule has 1 aromatic heterocycles. The predicted molar refractivity (Wildman–Crippen MR) is 50.6 cm³/mol. The third kappa shape index (κ3) is 2.49. The number of hydrogen-bond donors (Lipinski definition) is 2. The molecule has 0 saturated heterocycles. The Balaban J connectivity index is 2.87. The van der Waals surface area contributed by atoms with Gasteiger partial charge in [-0.15, -0.1) is 0 Å². The van der Waals surface area contributed by atoms with Crippen LogP contribution in [0, 0.1) is 11.8 Å². The number of pyridine rings is 1. The van der Waals surface area contributed by atoms with Crippen LogP contribution in [-0.4, -0.2) is 11.3 Å². The molecule has 0 radical (unpaired) electrons. The first-order valence-corrected chi connectivity index (χ1v) is 3.67. The van der Waals surface area contributed by atoms with E-state index in [1.165, 1.54) is 6.20 Å². The first kappa shape index (κ1) is 9.07. The minimum absolute atomic E-state index is 0.213. The predicted octanol–water partition coefficient (Wildman–Crippen LogP) is 0.186. The van der Waals surface area contributed by atoms with Crippen molar-refractivity contribution in [2.45, 2.75) is 6.42 Å². The van der Waals surface area contributed by atoms with Gasteiger partial charge in [0.15, 0.2) is 0 Å². The Bertz CT molecular complexity index is 376. The highest BCUT2D eigenvalue weighted by atomic mass is 16.1. The zero-order chi connectivity index (χ0) is 9.68. The number of carbonyl (C=O) groups is 1. The van der Waals surface area contributed by atoms with Crippen molar-refractivity contribution >= 4 is 17.8 Å². The standard InChI is InChI=1S/C9H9N3O/c10-8-5-7(3-1-2-4-13)6-12-9(8)11/h4-6H,2,10H2,(H2,11,12). The molecule has 0 aliphatic rings. The molecule has 1 rings (SSSR count). The van der Waals surface area contributed by atoms with E-state index >= 15 is 0 Å². The summed E-state index contributed by atoms with van der Waals surface area (Å²) in [5, 5.41) is 0. The maximum atomic E-state index is 9.95. The van der Waals surface area contributed by atoms with Crippen molar-refractivity contribution in [3.8, 4) is 11.8 Å². The van der Waals surface area contributed by atoms with Crippen molar-refractivity contribution in [3.63, 3.8) is 0 Å². The largest absolute Gasteiger partial charge is 0.396 e. The van der Waals surface area contributed by atoms with Crippen LogP contribution < -0.4 is 11.5 Å². The molecule has 0 bridgehead atoms. The Hall–Kier alpha value is -2.02. The Morgan fingerprint density at radius 3 is 2.92 bits per heavy atom. The van der Waals surface area contributed by atoms with Gasteiger partial charge in [-0.05, 0) is 6.07 Å². The van der Waals surface area contributed by atoms with Gasteiger partial charge in [-0.3, -0.25) is 0 Å². The number of nitrogen functional groups attached to an aromatic ring is 2. The summed E-state index contributed by atoms with van der Waals surface area (Å²) in [5.74, 6) is 5.67. The second-order valence-corrected chi connectivity index (χ2v) is 2.37. The van der Waals surface area contributed by atoms with Crippen molar-refractivity contribution in [2.24, 2.45) is 0 Å². The van der Waals surface area contributed by atoms with Gasteiger partial charge in [-0.25, -0.2) is 4.98 Å². The number of carbonyl (C=O) groups excluding carboxylic acids is 1. The summed E-state index contributed by atoms with van der Waals surface area (Å²) in [6.45, 7) is 0. The summed E-state index contributed by atoms with van der Waals surface area (Å²) >= 11 is 0. The highest BCUT2D eigenvalue weighted by Gasteiger charge is 1.94. The van der Waals surface area contributed by atoms with E-state index in [0.717, 1.165) is 6.29 Å². The Morgan fingerprint density at radius 2 is 2.31 bits per heavy atom. The van der Waals surface area contributed by atoms with Crippen LogP contribution in [0.2, 0.25) is 0 Å². The fourth-order valence-corrected chi connectivity index (χ4v) is 0.755. The molecule has 0 amide bonds.